The van der Waals surface area contributed by atoms with Gasteiger partial charge in [0.2, 0.25) is 0 Å². The first kappa shape index (κ1) is 10.7. The summed E-state index contributed by atoms with van der Waals surface area (Å²) in [6.45, 7) is 2.64. The van der Waals surface area contributed by atoms with Crippen molar-refractivity contribution in [2.24, 2.45) is 0 Å². The summed E-state index contributed by atoms with van der Waals surface area (Å²) in [7, 11) is 1.67. The van der Waals surface area contributed by atoms with Crippen molar-refractivity contribution in [1.82, 2.24) is 14.4 Å². The van der Waals surface area contributed by atoms with E-state index in [0.717, 1.165) is 5.65 Å². The van der Waals surface area contributed by atoms with Crippen LogP contribution in [0.5, 0.6) is 0 Å². The first-order chi connectivity index (χ1) is 7.70. The Balaban J connectivity index is 2.25. The number of nitrogens with one attached hydrogen (secondary N) is 1. The molecule has 6 nitrogen and oxygen atoms in total. The zero-order chi connectivity index (χ0) is 11.5. The van der Waals surface area contributed by atoms with E-state index in [-0.39, 0.29) is 6.10 Å². The van der Waals surface area contributed by atoms with Crippen LogP contribution in [0.25, 0.3) is 5.65 Å². The smallest absolute Gasteiger partial charge is 0.180 e. The van der Waals surface area contributed by atoms with Crippen LogP contribution in [0.4, 0.5) is 11.6 Å². The largest absolute Gasteiger partial charge is 0.382 e. The van der Waals surface area contributed by atoms with E-state index in [1.807, 2.05) is 17.5 Å². The molecule has 0 spiro atoms. The van der Waals surface area contributed by atoms with Crippen molar-refractivity contribution in [2.75, 3.05) is 24.7 Å². The number of aromatic nitrogens is 3. The SMILES string of the molecule is COC(C)CNc1nc(N)cn2ccnc12. The fourth-order valence-corrected chi connectivity index (χ4v) is 1.39. The van der Waals surface area contributed by atoms with Gasteiger partial charge in [0.1, 0.15) is 5.82 Å². The van der Waals surface area contributed by atoms with Gasteiger partial charge in [0, 0.05) is 26.0 Å². The Morgan fingerprint density at radius 3 is 3.19 bits per heavy atom. The molecule has 0 saturated carbocycles. The molecule has 0 fully saturated rings. The lowest BCUT2D eigenvalue weighted by atomic mass is 10.4. The maximum absolute atomic E-state index is 5.69. The molecule has 0 aliphatic heterocycles. The minimum atomic E-state index is 0.109. The number of methoxy groups -OCH3 is 1. The van der Waals surface area contributed by atoms with Crippen molar-refractivity contribution in [3.05, 3.63) is 18.6 Å². The Kier molecular flexibility index (Phi) is 2.91. The second kappa shape index (κ2) is 4.36. The molecule has 16 heavy (non-hydrogen) atoms. The van der Waals surface area contributed by atoms with Gasteiger partial charge in [0.05, 0.1) is 12.3 Å². The number of nitrogens with two attached hydrogens (primary N) is 1. The molecule has 0 aliphatic rings. The molecule has 2 heterocycles. The topological polar surface area (TPSA) is 77.5 Å². The van der Waals surface area contributed by atoms with Crippen molar-refractivity contribution < 1.29 is 4.74 Å². The number of anilines is 2. The van der Waals surface area contributed by atoms with E-state index in [9.17, 15) is 0 Å². The molecule has 0 aromatic carbocycles. The van der Waals surface area contributed by atoms with Crippen LogP contribution in [0.2, 0.25) is 0 Å². The van der Waals surface area contributed by atoms with Gasteiger partial charge in [-0.2, -0.15) is 0 Å². The highest BCUT2D eigenvalue weighted by Crippen LogP contribution is 2.14. The minimum Gasteiger partial charge on any atom is -0.382 e. The number of hydrogen-bond acceptors (Lipinski definition) is 5. The highest BCUT2D eigenvalue weighted by Gasteiger charge is 2.07. The third-order valence-corrected chi connectivity index (χ3v) is 2.35. The van der Waals surface area contributed by atoms with Crippen LogP contribution >= 0.6 is 0 Å². The summed E-state index contributed by atoms with van der Waals surface area (Å²) in [4.78, 5) is 8.41. The summed E-state index contributed by atoms with van der Waals surface area (Å²) >= 11 is 0. The van der Waals surface area contributed by atoms with Crippen molar-refractivity contribution in [2.45, 2.75) is 13.0 Å². The van der Waals surface area contributed by atoms with Gasteiger partial charge in [0.25, 0.3) is 0 Å². The molecule has 2 aromatic heterocycles. The monoisotopic (exact) mass is 221 g/mol. The van der Waals surface area contributed by atoms with Crippen LogP contribution in [0.15, 0.2) is 18.6 Å². The third kappa shape index (κ3) is 2.06. The van der Waals surface area contributed by atoms with E-state index in [1.54, 1.807) is 19.5 Å². The van der Waals surface area contributed by atoms with Crippen molar-refractivity contribution >= 4 is 17.3 Å². The van der Waals surface area contributed by atoms with E-state index in [4.69, 9.17) is 10.5 Å². The van der Waals surface area contributed by atoms with E-state index in [1.165, 1.54) is 0 Å². The summed E-state index contributed by atoms with van der Waals surface area (Å²) in [5.74, 6) is 1.13. The second-order valence-corrected chi connectivity index (χ2v) is 3.60. The first-order valence-corrected chi connectivity index (χ1v) is 5.06. The van der Waals surface area contributed by atoms with Crippen LogP contribution in [-0.2, 0) is 4.74 Å². The molecular formula is C10H15N5O. The average molecular weight is 221 g/mol. The molecule has 3 N–H and O–H groups in total. The van der Waals surface area contributed by atoms with Gasteiger partial charge in [-0.05, 0) is 6.92 Å². The molecule has 1 atom stereocenters. The summed E-state index contributed by atoms with van der Waals surface area (Å²) < 4.78 is 6.98. The lowest BCUT2D eigenvalue weighted by Crippen LogP contribution is -2.19. The minimum absolute atomic E-state index is 0.109. The molecule has 2 aromatic rings. The van der Waals surface area contributed by atoms with Gasteiger partial charge < -0.3 is 20.2 Å². The van der Waals surface area contributed by atoms with Crippen LogP contribution in [0.3, 0.4) is 0 Å². The molecule has 0 radical (unpaired) electrons. The van der Waals surface area contributed by atoms with Gasteiger partial charge in [-0.15, -0.1) is 0 Å². The number of hydrogen-bond donors (Lipinski definition) is 2. The third-order valence-electron chi connectivity index (χ3n) is 2.35. The van der Waals surface area contributed by atoms with Gasteiger partial charge in [-0.1, -0.05) is 0 Å². The number of nitrogen functional groups attached to an aromatic ring is 1. The number of fused-ring (bicyclic) bond motifs is 1. The van der Waals surface area contributed by atoms with Crippen LogP contribution in [0, 0.1) is 0 Å². The fourth-order valence-electron chi connectivity index (χ4n) is 1.39. The maximum Gasteiger partial charge on any atom is 0.180 e. The lowest BCUT2D eigenvalue weighted by Gasteiger charge is -2.12. The summed E-state index contributed by atoms with van der Waals surface area (Å²) in [6.07, 6.45) is 5.38. The number of ether oxygens (including phenoxy) is 1. The zero-order valence-corrected chi connectivity index (χ0v) is 9.34. The Morgan fingerprint density at radius 2 is 2.44 bits per heavy atom. The number of rotatable bonds is 4. The Morgan fingerprint density at radius 1 is 1.62 bits per heavy atom. The molecule has 0 amide bonds. The van der Waals surface area contributed by atoms with Crippen LogP contribution in [-0.4, -0.2) is 34.1 Å². The molecule has 86 valence electrons. The Hall–Kier alpha value is -1.82. The van der Waals surface area contributed by atoms with E-state index < -0.39 is 0 Å². The molecule has 1 unspecified atom stereocenters. The highest BCUT2D eigenvalue weighted by molar-refractivity contribution is 5.64. The molecule has 0 bridgehead atoms. The fraction of sp³-hybridized carbons (Fsp3) is 0.400. The van der Waals surface area contributed by atoms with Gasteiger partial charge in [-0.25, -0.2) is 9.97 Å². The van der Waals surface area contributed by atoms with Crippen molar-refractivity contribution in [3.8, 4) is 0 Å². The number of imidazole rings is 1. The molecule has 6 heteroatoms. The molecule has 2 rings (SSSR count). The maximum atomic E-state index is 5.69. The summed E-state index contributed by atoms with van der Waals surface area (Å²) in [5, 5.41) is 3.17. The van der Waals surface area contributed by atoms with Crippen molar-refractivity contribution in [3.63, 3.8) is 0 Å². The van der Waals surface area contributed by atoms with Gasteiger partial charge >= 0.3 is 0 Å². The van der Waals surface area contributed by atoms with Crippen molar-refractivity contribution in [1.29, 1.82) is 0 Å². The first-order valence-electron chi connectivity index (χ1n) is 5.06. The Labute approximate surface area is 93.5 Å². The normalized spacial score (nSPS) is 12.9. The van der Waals surface area contributed by atoms with E-state index in [0.29, 0.717) is 18.2 Å². The predicted octanol–water partition coefficient (Wildman–Crippen LogP) is 0.758. The van der Waals surface area contributed by atoms with E-state index in [2.05, 4.69) is 15.3 Å². The summed E-state index contributed by atoms with van der Waals surface area (Å²) in [6, 6.07) is 0. The number of nitrogens with zero attached hydrogens (tertiary/aromatic N) is 3. The predicted molar refractivity (Wildman–Crippen MR) is 62.4 cm³/mol. The zero-order valence-electron chi connectivity index (χ0n) is 9.34. The van der Waals surface area contributed by atoms with Gasteiger partial charge in [-0.3, -0.25) is 0 Å². The van der Waals surface area contributed by atoms with Crippen LogP contribution in [0.1, 0.15) is 6.92 Å². The lowest BCUT2D eigenvalue weighted by molar-refractivity contribution is 0.128. The van der Waals surface area contributed by atoms with Crippen LogP contribution < -0.4 is 11.1 Å². The van der Waals surface area contributed by atoms with Gasteiger partial charge in [0.15, 0.2) is 11.5 Å². The molecule has 0 aliphatic carbocycles. The Bertz CT molecular complexity index is 481. The molecule has 0 saturated heterocycles. The molecular weight excluding hydrogens is 206 g/mol. The average Bonchev–Trinajstić information content (AvgIpc) is 2.73. The van der Waals surface area contributed by atoms with E-state index >= 15 is 0 Å². The standard InChI is InChI=1S/C10H15N5O/c1-7(16-2)5-13-9-10-12-3-4-15(10)6-8(11)14-9/h3-4,6-7H,5,11H2,1-2H3,(H,13,14). The highest BCUT2D eigenvalue weighted by atomic mass is 16.5. The second-order valence-electron chi connectivity index (χ2n) is 3.60. The quantitative estimate of drug-likeness (QED) is 0.797. The summed E-state index contributed by atoms with van der Waals surface area (Å²) in [5.41, 5.74) is 6.45.